The Hall–Kier alpha value is -1.52. The number of thioether (sulfide) groups is 1. The molecule has 2 N–H and O–H groups in total. The van der Waals surface area contributed by atoms with Gasteiger partial charge >= 0.3 is 0 Å². The lowest BCUT2D eigenvalue weighted by atomic mass is 10.1. The second-order valence-electron chi connectivity index (χ2n) is 4.38. The number of benzene rings is 2. The molecule has 106 valence electrons. The second-order valence-corrected chi connectivity index (χ2v) is 5.47. The van der Waals surface area contributed by atoms with Crippen LogP contribution in [0.1, 0.15) is 18.5 Å². The standard InChI is InChI=1S/C16H18FNOS/c1-2-19-14-5-3-4-12(10-14)16(18)11-20-15-8-6-13(17)7-9-15/h3-10,16H,2,11,18H2,1H3. The van der Waals surface area contributed by atoms with E-state index in [0.717, 1.165) is 22.0 Å². The minimum Gasteiger partial charge on any atom is -0.494 e. The van der Waals surface area contributed by atoms with Gasteiger partial charge < -0.3 is 10.5 Å². The third-order valence-corrected chi connectivity index (χ3v) is 3.97. The van der Waals surface area contributed by atoms with Crippen LogP contribution in [-0.2, 0) is 0 Å². The van der Waals surface area contributed by atoms with E-state index in [1.54, 1.807) is 23.9 Å². The summed E-state index contributed by atoms with van der Waals surface area (Å²) >= 11 is 1.62. The van der Waals surface area contributed by atoms with Gasteiger partial charge in [-0.1, -0.05) is 12.1 Å². The van der Waals surface area contributed by atoms with Crippen molar-refractivity contribution in [1.82, 2.24) is 0 Å². The molecule has 20 heavy (non-hydrogen) atoms. The van der Waals surface area contributed by atoms with Crippen LogP contribution >= 0.6 is 11.8 Å². The summed E-state index contributed by atoms with van der Waals surface area (Å²) in [6.07, 6.45) is 0. The fourth-order valence-electron chi connectivity index (χ4n) is 1.81. The van der Waals surface area contributed by atoms with Crippen molar-refractivity contribution in [3.8, 4) is 5.75 Å². The zero-order valence-electron chi connectivity index (χ0n) is 11.4. The molecule has 0 aliphatic heterocycles. The van der Waals surface area contributed by atoms with Crippen molar-refractivity contribution in [2.24, 2.45) is 5.73 Å². The van der Waals surface area contributed by atoms with Gasteiger partial charge in [0.15, 0.2) is 0 Å². The molecular weight excluding hydrogens is 273 g/mol. The molecule has 0 fully saturated rings. The van der Waals surface area contributed by atoms with E-state index in [1.807, 2.05) is 31.2 Å². The lowest BCUT2D eigenvalue weighted by Crippen LogP contribution is -2.13. The molecule has 1 unspecified atom stereocenters. The Balaban J connectivity index is 1.95. The van der Waals surface area contributed by atoms with Crippen molar-refractivity contribution in [3.63, 3.8) is 0 Å². The lowest BCUT2D eigenvalue weighted by molar-refractivity contribution is 0.339. The molecule has 4 heteroatoms. The molecule has 0 aromatic heterocycles. The first kappa shape index (κ1) is 14.9. The van der Waals surface area contributed by atoms with Gasteiger partial charge in [-0.3, -0.25) is 0 Å². The van der Waals surface area contributed by atoms with Gasteiger partial charge in [0.1, 0.15) is 11.6 Å². The normalized spacial score (nSPS) is 12.2. The number of ether oxygens (including phenoxy) is 1. The zero-order chi connectivity index (χ0) is 14.4. The molecule has 0 bridgehead atoms. The molecule has 0 aliphatic rings. The highest BCUT2D eigenvalue weighted by molar-refractivity contribution is 7.99. The van der Waals surface area contributed by atoms with Gasteiger partial charge in [0.2, 0.25) is 0 Å². The maximum Gasteiger partial charge on any atom is 0.123 e. The average molecular weight is 291 g/mol. The van der Waals surface area contributed by atoms with Crippen molar-refractivity contribution in [1.29, 1.82) is 0 Å². The molecular formula is C16H18FNOS. The number of hydrogen-bond donors (Lipinski definition) is 1. The van der Waals surface area contributed by atoms with Crippen molar-refractivity contribution >= 4 is 11.8 Å². The van der Waals surface area contributed by atoms with Crippen molar-refractivity contribution in [2.75, 3.05) is 12.4 Å². The molecule has 0 heterocycles. The van der Waals surface area contributed by atoms with Crippen LogP contribution in [0.3, 0.4) is 0 Å². The monoisotopic (exact) mass is 291 g/mol. The van der Waals surface area contributed by atoms with Gasteiger partial charge in [-0.2, -0.15) is 0 Å². The van der Waals surface area contributed by atoms with Crippen LogP contribution in [0.25, 0.3) is 0 Å². The van der Waals surface area contributed by atoms with E-state index in [9.17, 15) is 4.39 Å². The van der Waals surface area contributed by atoms with E-state index in [0.29, 0.717) is 6.61 Å². The average Bonchev–Trinajstić information content (AvgIpc) is 2.47. The molecule has 0 radical (unpaired) electrons. The Labute approximate surface area is 123 Å². The van der Waals surface area contributed by atoms with Crippen LogP contribution in [0.15, 0.2) is 53.4 Å². The second kappa shape index (κ2) is 7.31. The molecule has 0 saturated heterocycles. The molecule has 0 saturated carbocycles. The fraction of sp³-hybridized carbons (Fsp3) is 0.250. The van der Waals surface area contributed by atoms with Crippen molar-refractivity contribution in [3.05, 3.63) is 59.9 Å². The van der Waals surface area contributed by atoms with Crippen molar-refractivity contribution in [2.45, 2.75) is 17.9 Å². The van der Waals surface area contributed by atoms with Crippen LogP contribution in [0, 0.1) is 5.82 Å². The van der Waals surface area contributed by atoms with Gasteiger partial charge in [0, 0.05) is 16.7 Å². The van der Waals surface area contributed by atoms with Crippen LogP contribution < -0.4 is 10.5 Å². The third-order valence-electron chi connectivity index (χ3n) is 2.84. The van der Waals surface area contributed by atoms with Crippen molar-refractivity contribution < 1.29 is 9.13 Å². The summed E-state index contributed by atoms with van der Waals surface area (Å²) in [5.41, 5.74) is 7.23. The number of halogens is 1. The van der Waals surface area contributed by atoms with Gasteiger partial charge in [0.05, 0.1) is 6.61 Å². The largest absolute Gasteiger partial charge is 0.494 e. The Morgan fingerprint density at radius 1 is 1.20 bits per heavy atom. The van der Waals surface area contributed by atoms with E-state index in [2.05, 4.69) is 0 Å². The highest BCUT2D eigenvalue weighted by Crippen LogP contribution is 2.25. The van der Waals surface area contributed by atoms with E-state index < -0.39 is 0 Å². The number of nitrogens with two attached hydrogens (primary N) is 1. The molecule has 2 rings (SSSR count). The molecule has 0 amide bonds. The zero-order valence-corrected chi connectivity index (χ0v) is 12.2. The Morgan fingerprint density at radius 3 is 2.65 bits per heavy atom. The summed E-state index contributed by atoms with van der Waals surface area (Å²) in [4.78, 5) is 1.02. The summed E-state index contributed by atoms with van der Waals surface area (Å²) in [5.74, 6) is 1.36. The Bertz CT molecular complexity index is 544. The van der Waals surface area contributed by atoms with Crippen LogP contribution in [0.5, 0.6) is 5.75 Å². The first-order valence-electron chi connectivity index (χ1n) is 6.55. The van der Waals surface area contributed by atoms with Crippen LogP contribution in [0.4, 0.5) is 4.39 Å². The van der Waals surface area contributed by atoms with E-state index in [-0.39, 0.29) is 11.9 Å². The fourth-order valence-corrected chi connectivity index (χ4v) is 2.71. The van der Waals surface area contributed by atoms with Crippen LogP contribution in [0.2, 0.25) is 0 Å². The predicted octanol–water partition coefficient (Wildman–Crippen LogP) is 4.02. The summed E-state index contributed by atoms with van der Waals surface area (Å²) in [6, 6.07) is 14.2. The summed E-state index contributed by atoms with van der Waals surface area (Å²) in [5, 5.41) is 0. The SMILES string of the molecule is CCOc1cccc(C(N)CSc2ccc(F)cc2)c1. The van der Waals surface area contributed by atoms with E-state index in [4.69, 9.17) is 10.5 Å². The highest BCUT2D eigenvalue weighted by Gasteiger charge is 2.08. The highest BCUT2D eigenvalue weighted by atomic mass is 32.2. The van der Waals surface area contributed by atoms with Gasteiger partial charge in [0.25, 0.3) is 0 Å². The number of rotatable bonds is 6. The van der Waals surface area contributed by atoms with Gasteiger partial charge in [-0.05, 0) is 48.9 Å². The lowest BCUT2D eigenvalue weighted by Gasteiger charge is -2.13. The Kier molecular flexibility index (Phi) is 5.44. The maximum atomic E-state index is 12.8. The van der Waals surface area contributed by atoms with Gasteiger partial charge in [-0.15, -0.1) is 11.8 Å². The topological polar surface area (TPSA) is 35.2 Å². The summed E-state index contributed by atoms with van der Waals surface area (Å²) in [6.45, 7) is 2.60. The summed E-state index contributed by atoms with van der Waals surface area (Å²) < 4.78 is 18.3. The van der Waals surface area contributed by atoms with Gasteiger partial charge in [-0.25, -0.2) is 4.39 Å². The molecule has 0 spiro atoms. The smallest absolute Gasteiger partial charge is 0.123 e. The molecule has 1 atom stereocenters. The van der Waals surface area contributed by atoms with Crippen LogP contribution in [-0.4, -0.2) is 12.4 Å². The molecule has 0 aliphatic carbocycles. The first-order chi connectivity index (χ1) is 9.69. The minimum absolute atomic E-state index is 0.0783. The maximum absolute atomic E-state index is 12.8. The number of hydrogen-bond acceptors (Lipinski definition) is 3. The molecule has 2 aromatic carbocycles. The van der Waals surface area contributed by atoms with E-state index >= 15 is 0 Å². The molecule has 2 aromatic rings. The predicted molar refractivity (Wildman–Crippen MR) is 81.7 cm³/mol. The van der Waals surface area contributed by atoms with E-state index in [1.165, 1.54) is 12.1 Å². The third kappa shape index (κ3) is 4.25. The molecule has 2 nitrogen and oxygen atoms in total. The Morgan fingerprint density at radius 2 is 1.95 bits per heavy atom. The minimum atomic E-state index is -0.219. The summed E-state index contributed by atoms with van der Waals surface area (Å²) in [7, 11) is 0. The quantitative estimate of drug-likeness (QED) is 0.817. The first-order valence-corrected chi connectivity index (χ1v) is 7.54.